The van der Waals surface area contributed by atoms with Gasteiger partial charge < -0.3 is 9.88 Å². The van der Waals surface area contributed by atoms with Crippen LogP contribution in [-0.2, 0) is 9.59 Å². The van der Waals surface area contributed by atoms with E-state index in [0.29, 0.717) is 5.57 Å². The zero-order chi connectivity index (χ0) is 15.3. The number of hydrogen-bond acceptors (Lipinski definition) is 3. The lowest BCUT2D eigenvalue weighted by molar-refractivity contribution is -0.133. The van der Waals surface area contributed by atoms with Crippen molar-refractivity contribution in [2.24, 2.45) is 5.92 Å². The Morgan fingerprint density at radius 1 is 1.23 bits per heavy atom. The summed E-state index contributed by atoms with van der Waals surface area (Å²) in [6.45, 7) is 0.853. The van der Waals surface area contributed by atoms with Gasteiger partial charge in [0.05, 0.1) is 5.92 Å². The molecule has 0 radical (unpaired) electrons. The highest BCUT2D eigenvalue weighted by Gasteiger charge is 2.42. The van der Waals surface area contributed by atoms with Gasteiger partial charge in [0, 0.05) is 42.5 Å². The van der Waals surface area contributed by atoms with Gasteiger partial charge in [0.2, 0.25) is 5.91 Å². The third-order valence-electron chi connectivity index (χ3n) is 4.62. The van der Waals surface area contributed by atoms with E-state index in [1.54, 1.807) is 0 Å². The molecule has 0 aliphatic carbocycles. The Bertz CT molecular complexity index is 772. The van der Waals surface area contributed by atoms with Crippen LogP contribution in [0.3, 0.4) is 0 Å². The molecule has 1 fully saturated rings. The van der Waals surface area contributed by atoms with E-state index in [-0.39, 0.29) is 23.7 Å². The SMILES string of the molecule is CN1C=C2C(=O)NC(=O)[C@@H](c3cc4ccccc4[nH]3)[C@H]2CC1. The molecule has 0 saturated carbocycles. The predicted octanol–water partition coefficient (Wildman–Crippen LogP) is 1.74. The van der Waals surface area contributed by atoms with Crippen LogP contribution >= 0.6 is 0 Å². The van der Waals surface area contributed by atoms with Crippen LogP contribution in [0.25, 0.3) is 10.9 Å². The van der Waals surface area contributed by atoms with Gasteiger partial charge in [0.15, 0.2) is 0 Å². The molecule has 4 rings (SSSR count). The van der Waals surface area contributed by atoms with Crippen molar-refractivity contribution in [2.45, 2.75) is 12.3 Å². The predicted molar refractivity (Wildman–Crippen MR) is 83.0 cm³/mol. The lowest BCUT2D eigenvalue weighted by Gasteiger charge is -2.36. The lowest BCUT2D eigenvalue weighted by atomic mass is 9.76. The Hall–Kier alpha value is -2.56. The summed E-state index contributed by atoms with van der Waals surface area (Å²) in [6.07, 6.45) is 2.67. The second-order valence-electron chi connectivity index (χ2n) is 6.07. The fourth-order valence-corrected chi connectivity index (χ4v) is 3.54. The number of rotatable bonds is 1. The minimum absolute atomic E-state index is 0.0505. The molecule has 2 N–H and O–H groups in total. The summed E-state index contributed by atoms with van der Waals surface area (Å²) in [7, 11) is 1.95. The molecule has 2 aromatic rings. The largest absolute Gasteiger partial charge is 0.380 e. The maximum absolute atomic E-state index is 12.4. The first kappa shape index (κ1) is 13.1. The first-order valence-corrected chi connectivity index (χ1v) is 7.48. The minimum atomic E-state index is -0.329. The normalized spacial score (nSPS) is 25.0. The molecule has 2 atom stereocenters. The third kappa shape index (κ3) is 1.93. The van der Waals surface area contributed by atoms with Crippen LogP contribution < -0.4 is 5.32 Å². The van der Waals surface area contributed by atoms with E-state index in [1.807, 2.05) is 48.5 Å². The maximum Gasteiger partial charge on any atom is 0.255 e. The Kier molecular flexibility index (Phi) is 2.82. The molecule has 0 spiro atoms. The Morgan fingerprint density at radius 3 is 2.86 bits per heavy atom. The smallest absolute Gasteiger partial charge is 0.255 e. The number of amides is 2. The summed E-state index contributed by atoms with van der Waals surface area (Å²) >= 11 is 0. The highest BCUT2D eigenvalue weighted by molar-refractivity contribution is 6.10. The summed E-state index contributed by atoms with van der Waals surface area (Å²) in [5.41, 5.74) is 2.60. The monoisotopic (exact) mass is 295 g/mol. The number of aromatic nitrogens is 1. The fourth-order valence-electron chi connectivity index (χ4n) is 3.54. The summed E-state index contributed by atoms with van der Waals surface area (Å²) in [5.74, 6) is -0.840. The molecular weight excluding hydrogens is 278 g/mol. The molecule has 1 saturated heterocycles. The molecule has 22 heavy (non-hydrogen) atoms. The topological polar surface area (TPSA) is 65.2 Å². The second-order valence-corrected chi connectivity index (χ2v) is 6.07. The van der Waals surface area contributed by atoms with Crippen LogP contribution in [0, 0.1) is 5.92 Å². The third-order valence-corrected chi connectivity index (χ3v) is 4.62. The molecule has 0 unspecified atom stereocenters. The van der Waals surface area contributed by atoms with E-state index in [2.05, 4.69) is 10.3 Å². The zero-order valence-electron chi connectivity index (χ0n) is 12.3. The standard InChI is InChI=1S/C17H17N3O2/c1-20-7-6-11-12(9-20)16(21)19-17(22)15(11)14-8-10-4-2-3-5-13(10)18-14/h2-5,8-9,11,15,18H,6-7H2,1H3,(H,19,21,22)/t11-,15+/m0/s1. The molecule has 2 amide bonds. The number of para-hydroxylation sites is 1. The van der Waals surface area contributed by atoms with Crippen molar-refractivity contribution in [3.8, 4) is 0 Å². The number of imide groups is 1. The number of carbonyl (C=O) groups is 2. The van der Waals surface area contributed by atoms with Gasteiger partial charge in [-0.15, -0.1) is 0 Å². The van der Waals surface area contributed by atoms with Crippen molar-refractivity contribution in [2.75, 3.05) is 13.6 Å². The van der Waals surface area contributed by atoms with Crippen LogP contribution in [-0.4, -0.2) is 35.3 Å². The van der Waals surface area contributed by atoms with Gasteiger partial charge in [0.25, 0.3) is 5.91 Å². The highest BCUT2D eigenvalue weighted by Crippen LogP contribution is 2.38. The van der Waals surface area contributed by atoms with E-state index in [4.69, 9.17) is 0 Å². The molecule has 5 nitrogen and oxygen atoms in total. The van der Waals surface area contributed by atoms with Crippen molar-refractivity contribution in [1.82, 2.24) is 15.2 Å². The van der Waals surface area contributed by atoms with E-state index in [0.717, 1.165) is 29.6 Å². The quantitative estimate of drug-likeness (QED) is 0.788. The molecule has 112 valence electrons. The summed E-state index contributed by atoms with van der Waals surface area (Å²) < 4.78 is 0. The maximum atomic E-state index is 12.4. The molecule has 1 aromatic carbocycles. The molecule has 2 aliphatic heterocycles. The van der Waals surface area contributed by atoms with Crippen LogP contribution in [0.4, 0.5) is 0 Å². The van der Waals surface area contributed by atoms with E-state index >= 15 is 0 Å². The van der Waals surface area contributed by atoms with Crippen LogP contribution in [0.2, 0.25) is 0 Å². The average Bonchev–Trinajstić information content (AvgIpc) is 2.91. The van der Waals surface area contributed by atoms with Crippen molar-refractivity contribution < 1.29 is 9.59 Å². The molecule has 5 heteroatoms. The van der Waals surface area contributed by atoms with Crippen LogP contribution in [0.15, 0.2) is 42.1 Å². The fraction of sp³-hybridized carbons (Fsp3) is 0.294. The van der Waals surface area contributed by atoms with Gasteiger partial charge in [0.1, 0.15) is 0 Å². The number of fused-ring (bicyclic) bond motifs is 2. The second kappa shape index (κ2) is 4.73. The number of piperidine rings is 1. The van der Waals surface area contributed by atoms with Crippen LogP contribution in [0.1, 0.15) is 18.0 Å². The first-order chi connectivity index (χ1) is 10.6. The van der Waals surface area contributed by atoms with Crippen molar-refractivity contribution in [1.29, 1.82) is 0 Å². The van der Waals surface area contributed by atoms with Crippen molar-refractivity contribution >= 4 is 22.7 Å². The van der Waals surface area contributed by atoms with Gasteiger partial charge in [-0.2, -0.15) is 0 Å². The van der Waals surface area contributed by atoms with Crippen LogP contribution in [0.5, 0.6) is 0 Å². The Balaban J connectivity index is 1.80. The number of nitrogens with zero attached hydrogens (tertiary/aromatic N) is 1. The number of carbonyl (C=O) groups excluding carboxylic acids is 2. The Labute approximate surface area is 128 Å². The summed E-state index contributed by atoms with van der Waals surface area (Å²) in [6, 6.07) is 9.98. The van der Waals surface area contributed by atoms with E-state index in [1.165, 1.54) is 0 Å². The summed E-state index contributed by atoms with van der Waals surface area (Å²) in [5, 5.41) is 3.58. The molecule has 2 aliphatic rings. The summed E-state index contributed by atoms with van der Waals surface area (Å²) in [4.78, 5) is 29.9. The van der Waals surface area contributed by atoms with Gasteiger partial charge in [-0.25, -0.2) is 0 Å². The molecule has 1 aromatic heterocycles. The van der Waals surface area contributed by atoms with Gasteiger partial charge in [-0.05, 0) is 23.9 Å². The van der Waals surface area contributed by atoms with E-state index in [9.17, 15) is 9.59 Å². The van der Waals surface area contributed by atoms with Crippen molar-refractivity contribution in [3.63, 3.8) is 0 Å². The number of aromatic amines is 1. The van der Waals surface area contributed by atoms with Gasteiger partial charge in [-0.3, -0.25) is 14.9 Å². The first-order valence-electron chi connectivity index (χ1n) is 7.48. The Morgan fingerprint density at radius 2 is 2.05 bits per heavy atom. The average molecular weight is 295 g/mol. The number of benzene rings is 1. The molecular formula is C17H17N3O2. The number of nitrogens with one attached hydrogen (secondary N) is 2. The molecule has 3 heterocycles. The molecule has 0 bridgehead atoms. The van der Waals surface area contributed by atoms with Gasteiger partial charge >= 0.3 is 0 Å². The number of H-pyrrole nitrogens is 1. The minimum Gasteiger partial charge on any atom is -0.380 e. The van der Waals surface area contributed by atoms with Gasteiger partial charge in [-0.1, -0.05) is 18.2 Å². The number of hydrogen-bond donors (Lipinski definition) is 2. The highest BCUT2D eigenvalue weighted by atomic mass is 16.2. The van der Waals surface area contributed by atoms with Crippen molar-refractivity contribution in [3.05, 3.63) is 47.8 Å². The lowest BCUT2D eigenvalue weighted by Crippen LogP contribution is -2.48. The van der Waals surface area contributed by atoms with E-state index < -0.39 is 0 Å². The zero-order valence-corrected chi connectivity index (χ0v) is 12.3.